The van der Waals surface area contributed by atoms with Gasteiger partial charge in [-0.25, -0.2) is 14.5 Å². The number of rotatable bonds is 8. The van der Waals surface area contributed by atoms with Crippen LogP contribution in [0.1, 0.15) is 22.6 Å². The quantitative estimate of drug-likeness (QED) is 0.288. The summed E-state index contributed by atoms with van der Waals surface area (Å²) in [5.74, 6) is 0.865. The average Bonchev–Trinajstić information content (AvgIpc) is 3.60. The monoisotopic (exact) mass is 514 g/mol. The molecule has 6 rings (SSSR count). The van der Waals surface area contributed by atoms with Crippen molar-refractivity contribution in [1.29, 1.82) is 0 Å². The van der Waals surface area contributed by atoms with E-state index in [1.54, 1.807) is 10.8 Å². The van der Waals surface area contributed by atoms with Gasteiger partial charge in [-0.15, -0.1) is 0 Å². The van der Waals surface area contributed by atoms with Crippen molar-refractivity contribution in [3.8, 4) is 33.8 Å². The summed E-state index contributed by atoms with van der Waals surface area (Å²) in [6.07, 6.45) is 3.51. The summed E-state index contributed by atoms with van der Waals surface area (Å²) in [4.78, 5) is 19.9. The predicted molar refractivity (Wildman–Crippen MR) is 153 cm³/mol. The van der Waals surface area contributed by atoms with Crippen LogP contribution in [0.4, 0.5) is 0 Å². The molecule has 0 amide bonds. The minimum Gasteiger partial charge on any atom is -0.339 e. The van der Waals surface area contributed by atoms with Crippen LogP contribution in [-0.2, 0) is 19.6 Å². The molecule has 4 heterocycles. The van der Waals surface area contributed by atoms with Gasteiger partial charge in [0.25, 0.3) is 0 Å². The molecule has 4 aromatic heterocycles. The number of aromatic amines is 1. The molecule has 194 valence electrons. The van der Waals surface area contributed by atoms with Crippen molar-refractivity contribution >= 4 is 5.65 Å². The van der Waals surface area contributed by atoms with Gasteiger partial charge in [0.1, 0.15) is 12.2 Å². The van der Waals surface area contributed by atoms with Crippen molar-refractivity contribution in [2.24, 2.45) is 5.73 Å². The van der Waals surface area contributed by atoms with E-state index in [1.165, 1.54) is 16.7 Å². The van der Waals surface area contributed by atoms with E-state index in [1.807, 2.05) is 49.5 Å². The third-order valence-electron chi connectivity index (χ3n) is 6.85. The van der Waals surface area contributed by atoms with Gasteiger partial charge in [-0.3, -0.25) is 9.88 Å². The zero-order valence-corrected chi connectivity index (χ0v) is 22.0. The van der Waals surface area contributed by atoms with E-state index in [-0.39, 0.29) is 0 Å². The molecule has 2 aromatic carbocycles. The largest absolute Gasteiger partial charge is 0.339 e. The van der Waals surface area contributed by atoms with Gasteiger partial charge >= 0.3 is 0 Å². The number of nitrogens with two attached hydrogens (primary N) is 1. The molecular formula is C31H30N8. The standard InChI is InChI=1S/C31H30N8/c1-21-8-7-13-27(35-21)31-30(24-14-15-29-33-20-34-39(29)18-24)36-28(37-31)19-38(2)17-23-10-4-6-12-26(23)25-11-5-3-9-22(25)16-32/h3-15,18,20H,16-17,19,32H2,1-2H3,(H,36,37). The maximum Gasteiger partial charge on any atom is 0.155 e. The van der Waals surface area contributed by atoms with Gasteiger partial charge in [0.2, 0.25) is 0 Å². The molecule has 6 aromatic rings. The highest BCUT2D eigenvalue weighted by molar-refractivity contribution is 5.77. The first-order chi connectivity index (χ1) is 19.1. The SMILES string of the molecule is Cc1cccc(-c2[nH]c(CN(C)Cc3ccccc3-c3ccccc3CN)nc2-c2ccc3ncnn3c2)n1. The van der Waals surface area contributed by atoms with Crippen LogP contribution in [-0.4, -0.2) is 41.5 Å². The lowest BCUT2D eigenvalue weighted by atomic mass is 9.95. The first kappa shape index (κ1) is 24.7. The maximum absolute atomic E-state index is 6.05. The van der Waals surface area contributed by atoms with Gasteiger partial charge in [0, 0.05) is 30.5 Å². The Kier molecular flexibility index (Phi) is 6.71. The molecule has 0 saturated heterocycles. The van der Waals surface area contributed by atoms with Gasteiger partial charge < -0.3 is 10.7 Å². The lowest BCUT2D eigenvalue weighted by molar-refractivity contribution is 0.312. The van der Waals surface area contributed by atoms with E-state index in [2.05, 4.69) is 69.5 Å². The number of nitrogens with one attached hydrogen (secondary N) is 1. The lowest BCUT2D eigenvalue weighted by Gasteiger charge is -2.19. The fourth-order valence-electron chi connectivity index (χ4n) is 5.02. The molecule has 0 aliphatic carbocycles. The molecule has 0 aliphatic rings. The summed E-state index contributed by atoms with van der Waals surface area (Å²) in [5, 5.41) is 4.30. The fourth-order valence-corrected chi connectivity index (χ4v) is 5.02. The molecule has 0 atom stereocenters. The Labute approximate surface area is 227 Å². The van der Waals surface area contributed by atoms with Crippen LogP contribution in [0.3, 0.4) is 0 Å². The molecule has 0 fully saturated rings. The van der Waals surface area contributed by atoms with Crippen molar-refractivity contribution in [1.82, 2.24) is 34.4 Å². The Morgan fingerprint density at radius 1 is 0.846 bits per heavy atom. The summed E-state index contributed by atoms with van der Waals surface area (Å²) >= 11 is 0. The molecule has 0 radical (unpaired) electrons. The van der Waals surface area contributed by atoms with Gasteiger partial charge in [0.15, 0.2) is 5.65 Å². The predicted octanol–water partition coefficient (Wildman–Crippen LogP) is 5.25. The number of benzene rings is 2. The molecule has 0 bridgehead atoms. The van der Waals surface area contributed by atoms with Crippen LogP contribution in [0.25, 0.3) is 39.4 Å². The second kappa shape index (κ2) is 10.6. The molecule has 0 spiro atoms. The average molecular weight is 515 g/mol. The third-order valence-corrected chi connectivity index (χ3v) is 6.85. The van der Waals surface area contributed by atoms with E-state index in [0.717, 1.165) is 51.9 Å². The number of nitrogens with zero attached hydrogens (tertiary/aromatic N) is 6. The van der Waals surface area contributed by atoms with Crippen molar-refractivity contribution in [2.45, 2.75) is 26.6 Å². The number of imidazole rings is 1. The molecular weight excluding hydrogens is 484 g/mol. The minimum absolute atomic E-state index is 0.506. The van der Waals surface area contributed by atoms with Crippen LogP contribution in [0.2, 0.25) is 0 Å². The summed E-state index contributed by atoms with van der Waals surface area (Å²) in [6.45, 7) is 3.90. The highest BCUT2D eigenvalue weighted by atomic mass is 15.3. The number of hydrogen-bond acceptors (Lipinski definition) is 6. The van der Waals surface area contributed by atoms with Crippen molar-refractivity contribution in [3.63, 3.8) is 0 Å². The molecule has 0 unspecified atom stereocenters. The van der Waals surface area contributed by atoms with E-state index in [0.29, 0.717) is 13.1 Å². The topological polar surface area (TPSA) is 101 Å². The first-order valence-corrected chi connectivity index (χ1v) is 13.0. The maximum atomic E-state index is 6.05. The number of pyridine rings is 2. The lowest BCUT2D eigenvalue weighted by Crippen LogP contribution is -2.18. The summed E-state index contributed by atoms with van der Waals surface area (Å²) in [7, 11) is 2.11. The van der Waals surface area contributed by atoms with Crippen LogP contribution >= 0.6 is 0 Å². The van der Waals surface area contributed by atoms with Gasteiger partial charge in [-0.05, 0) is 60.5 Å². The van der Waals surface area contributed by atoms with Crippen LogP contribution in [0, 0.1) is 6.92 Å². The van der Waals surface area contributed by atoms with E-state index >= 15 is 0 Å². The summed E-state index contributed by atoms with van der Waals surface area (Å²) < 4.78 is 1.76. The zero-order chi connectivity index (χ0) is 26.8. The van der Waals surface area contributed by atoms with E-state index in [4.69, 9.17) is 15.7 Å². The zero-order valence-electron chi connectivity index (χ0n) is 22.0. The summed E-state index contributed by atoms with van der Waals surface area (Å²) in [5.41, 5.74) is 16.1. The smallest absolute Gasteiger partial charge is 0.155 e. The van der Waals surface area contributed by atoms with E-state index in [9.17, 15) is 0 Å². The first-order valence-electron chi connectivity index (χ1n) is 13.0. The number of aromatic nitrogens is 6. The highest BCUT2D eigenvalue weighted by Gasteiger charge is 2.18. The molecule has 8 heteroatoms. The van der Waals surface area contributed by atoms with Crippen LogP contribution in [0.15, 0.2) is 91.4 Å². The third kappa shape index (κ3) is 5.07. The minimum atomic E-state index is 0.506. The van der Waals surface area contributed by atoms with Crippen molar-refractivity contribution < 1.29 is 0 Å². The number of hydrogen-bond donors (Lipinski definition) is 2. The number of fused-ring (bicyclic) bond motifs is 1. The highest BCUT2D eigenvalue weighted by Crippen LogP contribution is 2.31. The Hall–Kier alpha value is -4.66. The van der Waals surface area contributed by atoms with Gasteiger partial charge in [-0.2, -0.15) is 5.10 Å². The molecule has 3 N–H and O–H groups in total. The summed E-state index contributed by atoms with van der Waals surface area (Å²) in [6, 6.07) is 26.9. The Morgan fingerprint density at radius 3 is 2.41 bits per heavy atom. The van der Waals surface area contributed by atoms with Crippen LogP contribution < -0.4 is 5.73 Å². The normalized spacial score (nSPS) is 11.5. The molecule has 39 heavy (non-hydrogen) atoms. The Balaban J connectivity index is 1.33. The van der Waals surface area contributed by atoms with Crippen molar-refractivity contribution in [2.75, 3.05) is 7.05 Å². The molecule has 8 nitrogen and oxygen atoms in total. The second-order valence-corrected chi connectivity index (χ2v) is 9.74. The Bertz CT molecular complexity index is 1750. The van der Waals surface area contributed by atoms with E-state index < -0.39 is 0 Å². The second-order valence-electron chi connectivity index (χ2n) is 9.74. The van der Waals surface area contributed by atoms with Crippen LogP contribution in [0.5, 0.6) is 0 Å². The number of aryl methyl sites for hydroxylation is 1. The van der Waals surface area contributed by atoms with Gasteiger partial charge in [-0.1, -0.05) is 54.6 Å². The van der Waals surface area contributed by atoms with Gasteiger partial charge in [0.05, 0.1) is 23.6 Å². The Morgan fingerprint density at radius 2 is 1.62 bits per heavy atom. The van der Waals surface area contributed by atoms with Crippen molar-refractivity contribution in [3.05, 3.63) is 114 Å². The molecule has 0 aliphatic heterocycles. The number of H-pyrrole nitrogens is 1. The fraction of sp³-hybridized carbons (Fsp3) is 0.161. The molecule has 0 saturated carbocycles.